The summed E-state index contributed by atoms with van der Waals surface area (Å²) in [5.41, 5.74) is 2.69. The second-order valence-corrected chi connectivity index (χ2v) is 9.10. The predicted octanol–water partition coefficient (Wildman–Crippen LogP) is 3.00. The Morgan fingerprint density at radius 2 is 1.44 bits per heavy atom. The van der Waals surface area contributed by atoms with Gasteiger partial charge in [0, 0.05) is 20.1 Å². The maximum Gasteiger partial charge on any atom is 0.334 e. The van der Waals surface area contributed by atoms with Crippen molar-refractivity contribution in [2.24, 2.45) is 0 Å². The summed E-state index contributed by atoms with van der Waals surface area (Å²) in [6.45, 7) is 0.973. The lowest BCUT2D eigenvalue weighted by Crippen LogP contribution is -2.73. The molecule has 0 radical (unpaired) electrons. The Balaban J connectivity index is 1.48. The molecule has 2 aliphatic heterocycles. The van der Waals surface area contributed by atoms with Gasteiger partial charge in [-0.2, -0.15) is 0 Å². The Bertz CT molecular complexity index is 1220. The molecule has 1 N–H and O–H groups in total. The van der Waals surface area contributed by atoms with E-state index < -0.39 is 12.2 Å². The number of amides is 4. The number of piperazine rings is 1. The van der Waals surface area contributed by atoms with Crippen LogP contribution in [0.4, 0.5) is 4.79 Å². The van der Waals surface area contributed by atoms with Gasteiger partial charge in [-0.05, 0) is 16.7 Å². The Morgan fingerprint density at radius 3 is 2.08 bits per heavy atom. The summed E-state index contributed by atoms with van der Waals surface area (Å²) in [6, 6.07) is 27.6. The molecule has 5 rings (SSSR count). The summed E-state index contributed by atoms with van der Waals surface area (Å²) in [5, 5.41) is 6.20. The van der Waals surface area contributed by atoms with Crippen LogP contribution in [0.1, 0.15) is 22.7 Å². The number of carbonyl (C=O) groups is 3. The van der Waals surface area contributed by atoms with E-state index in [1.807, 2.05) is 91.0 Å². The average molecular weight is 484 g/mol. The van der Waals surface area contributed by atoms with Gasteiger partial charge in [-0.1, -0.05) is 91.0 Å². The minimum Gasteiger partial charge on any atom is -0.333 e. The molecule has 3 aromatic carbocycles. The van der Waals surface area contributed by atoms with Gasteiger partial charge in [0.15, 0.2) is 0 Å². The summed E-state index contributed by atoms with van der Waals surface area (Å²) in [7, 11) is 1.73. The van der Waals surface area contributed by atoms with Gasteiger partial charge in [0.25, 0.3) is 5.91 Å². The van der Waals surface area contributed by atoms with Crippen molar-refractivity contribution in [3.05, 3.63) is 108 Å². The van der Waals surface area contributed by atoms with E-state index in [0.29, 0.717) is 13.1 Å². The van der Waals surface area contributed by atoms with Crippen LogP contribution in [0, 0.1) is 0 Å². The Labute approximate surface area is 210 Å². The molecule has 1 unspecified atom stereocenters. The van der Waals surface area contributed by atoms with Crippen LogP contribution in [0.3, 0.4) is 0 Å². The van der Waals surface area contributed by atoms with Gasteiger partial charge in [-0.15, -0.1) is 0 Å². The van der Waals surface area contributed by atoms with Crippen molar-refractivity contribution in [3.8, 4) is 0 Å². The zero-order valence-electron chi connectivity index (χ0n) is 20.2. The molecule has 4 amide bonds. The van der Waals surface area contributed by atoms with E-state index in [-0.39, 0.29) is 30.9 Å². The molecule has 2 atom stereocenters. The third-order valence-corrected chi connectivity index (χ3v) is 6.66. The maximum atomic E-state index is 13.8. The molecule has 2 fully saturated rings. The molecule has 0 spiro atoms. The van der Waals surface area contributed by atoms with Crippen LogP contribution in [0.15, 0.2) is 91.0 Å². The number of rotatable bonds is 5. The normalized spacial score (nSPS) is 20.3. The van der Waals surface area contributed by atoms with Crippen LogP contribution >= 0.6 is 0 Å². The van der Waals surface area contributed by atoms with Crippen molar-refractivity contribution in [1.82, 2.24) is 25.1 Å². The molecule has 2 heterocycles. The Morgan fingerprint density at radius 1 is 0.861 bits per heavy atom. The highest BCUT2D eigenvalue weighted by Crippen LogP contribution is 2.35. The number of benzene rings is 3. The molecule has 3 aromatic rings. The SMILES string of the molecule is CN1CC(=O)N2C(CN(Cc3ccccc3)C(=O)[C@@H]2c2ccccc2)N1C(=O)NCc1ccccc1. The van der Waals surface area contributed by atoms with Gasteiger partial charge in [0.1, 0.15) is 12.2 Å². The van der Waals surface area contributed by atoms with Crippen molar-refractivity contribution in [2.45, 2.75) is 25.3 Å². The average Bonchev–Trinajstić information content (AvgIpc) is 2.90. The van der Waals surface area contributed by atoms with Crippen LogP contribution in [-0.2, 0) is 22.7 Å². The summed E-state index contributed by atoms with van der Waals surface area (Å²) in [6.07, 6.45) is -0.640. The standard InChI is InChI=1S/C28H29N5O3/c1-30-20-25(34)32-24(33(30)28(36)29-17-21-11-5-2-6-12-21)19-31(18-22-13-7-3-8-14-22)27(35)26(32)23-15-9-4-10-16-23/h2-16,24,26H,17-20H2,1H3,(H,29,36)/t24?,26-/m0/s1. The Kier molecular flexibility index (Phi) is 6.69. The van der Waals surface area contributed by atoms with Gasteiger partial charge < -0.3 is 15.1 Å². The molecule has 0 aromatic heterocycles. The van der Waals surface area contributed by atoms with Gasteiger partial charge in [-0.25, -0.2) is 14.8 Å². The quantitative estimate of drug-likeness (QED) is 0.606. The monoisotopic (exact) mass is 483 g/mol. The second-order valence-electron chi connectivity index (χ2n) is 9.10. The lowest BCUT2D eigenvalue weighted by molar-refractivity contribution is -0.188. The fraction of sp³-hybridized carbons (Fsp3) is 0.250. The first-order chi connectivity index (χ1) is 17.5. The minimum atomic E-state index is -0.806. The highest BCUT2D eigenvalue weighted by atomic mass is 16.2. The molecule has 8 heteroatoms. The second kappa shape index (κ2) is 10.2. The first-order valence-corrected chi connectivity index (χ1v) is 12.0. The minimum absolute atomic E-state index is 0.00452. The number of likely N-dealkylation sites (N-methyl/N-ethyl adjacent to an activating group) is 1. The van der Waals surface area contributed by atoms with Crippen molar-refractivity contribution >= 4 is 17.8 Å². The van der Waals surface area contributed by atoms with Crippen LogP contribution in [0.25, 0.3) is 0 Å². The first kappa shape index (κ1) is 23.6. The Hall–Kier alpha value is -4.17. The van der Waals surface area contributed by atoms with E-state index in [4.69, 9.17) is 0 Å². The molecule has 184 valence electrons. The van der Waals surface area contributed by atoms with E-state index in [1.165, 1.54) is 0 Å². The van der Waals surface area contributed by atoms with Gasteiger partial charge in [0.2, 0.25) is 5.91 Å². The van der Waals surface area contributed by atoms with Crippen molar-refractivity contribution in [2.75, 3.05) is 20.1 Å². The number of hydrazine groups is 1. The molecule has 2 aliphatic rings. The maximum absolute atomic E-state index is 13.8. The van der Waals surface area contributed by atoms with E-state index >= 15 is 0 Å². The van der Waals surface area contributed by atoms with Crippen molar-refractivity contribution in [3.63, 3.8) is 0 Å². The van der Waals surface area contributed by atoms with E-state index in [9.17, 15) is 14.4 Å². The third-order valence-electron chi connectivity index (χ3n) is 6.66. The number of nitrogens with zero attached hydrogens (tertiary/aromatic N) is 4. The lowest BCUT2D eigenvalue weighted by atomic mass is 9.98. The van der Waals surface area contributed by atoms with Crippen LogP contribution in [0.5, 0.6) is 0 Å². The van der Waals surface area contributed by atoms with Gasteiger partial charge >= 0.3 is 6.03 Å². The smallest absolute Gasteiger partial charge is 0.333 e. The van der Waals surface area contributed by atoms with Crippen molar-refractivity contribution < 1.29 is 14.4 Å². The van der Waals surface area contributed by atoms with E-state index in [2.05, 4.69) is 5.32 Å². The number of carbonyl (C=O) groups excluding carboxylic acids is 3. The number of hydrogen-bond donors (Lipinski definition) is 1. The first-order valence-electron chi connectivity index (χ1n) is 12.0. The largest absolute Gasteiger partial charge is 0.334 e. The van der Waals surface area contributed by atoms with E-state index in [1.54, 1.807) is 26.9 Å². The van der Waals surface area contributed by atoms with Crippen LogP contribution in [-0.4, -0.2) is 64.0 Å². The van der Waals surface area contributed by atoms with Gasteiger partial charge in [0.05, 0.1) is 13.1 Å². The molecule has 0 saturated carbocycles. The van der Waals surface area contributed by atoms with Gasteiger partial charge in [-0.3, -0.25) is 9.59 Å². The number of hydrogen-bond acceptors (Lipinski definition) is 4. The third kappa shape index (κ3) is 4.67. The van der Waals surface area contributed by atoms with Crippen molar-refractivity contribution in [1.29, 1.82) is 0 Å². The summed E-state index contributed by atoms with van der Waals surface area (Å²) >= 11 is 0. The zero-order valence-corrected chi connectivity index (χ0v) is 20.2. The number of nitrogens with one attached hydrogen (secondary N) is 1. The number of urea groups is 1. The summed E-state index contributed by atoms with van der Waals surface area (Å²) in [5.74, 6) is -0.333. The summed E-state index contributed by atoms with van der Waals surface area (Å²) in [4.78, 5) is 43.9. The summed E-state index contributed by atoms with van der Waals surface area (Å²) < 4.78 is 0. The number of fused-ring (bicyclic) bond motifs is 1. The highest BCUT2D eigenvalue weighted by Gasteiger charge is 2.51. The molecular weight excluding hydrogens is 454 g/mol. The van der Waals surface area contributed by atoms with E-state index in [0.717, 1.165) is 16.7 Å². The molecular formula is C28H29N5O3. The lowest BCUT2D eigenvalue weighted by Gasteiger charge is -2.54. The molecule has 2 saturated heterocycles. The zero-order chi connectivity index (χ0) is 25.1. The fourth-order valence-electron chi connectivity index (χ4n) is 4.96. The molecule has 0 bridgehead atoms. The predicted molar refractivity (Wildman–Crippen MR) is 135 cm³/mol. The topological polar surface area (TPSA) is 76.2 Å². The highest BCUT2D eigenvalue weighted by molar-refractivity contribution is 5.92. The van der Waals surface area contributed by atoms with Crippen LogP contribution in [0.2, 0.25) is 0 Å². The molecule has 0 aliphatic carbocycles. The van der Waals surface area contributed by atoms with Crippen LogP contribution < -0.4 is 5.32 Å². The fourth-order valence-corrected chi connectivity index (χ4v) is 4.96. The molecule has 36 heavy (non-hydrogen) atoms. The molecule has 8 nitrogen and oxygen atoms in total.